The van der Waals surface area contributed by atoms with Crippen LogP contribution in [0.2, 0.25) is 0 Å². The Morgan fingerprint density at radius 2 is 2.21 bits per heavy atom. The number of hydrogen-bond acceptors (Lipinski definition) is 4. The SMILES string of the molecule is CCOC1(C(=O)Cc2cn(C)nn2)CCC(C)CC1. The van der Waals surface area contributed by atoms with Crippen molar-refractivity contribution in [3.63, 3.8) is 0 Å². The summed E-state index contributed by atoms with van der Waals surface area (Å²) >= 11 is 0. The van der Waals surface area contributed by atoms with Gasteiger partial charge in [-0.25, -0.2) is 0 Å². The van der Waals surface area contributed by atoms with Crippen LogP contribution in [-0.2, 0) is 23.0 Å². The summed E-state index contributed by atoms with van der Waals surface area (Å²) in [6, 6.07) is 0. The van der Waals surface area contributed by atoms with E-state index in [-0.39, 0.29) is 5.78 Å². The van der Waals surface area contributed by atoms with Crippen LogP contribution in [0.25, 0.3) is 0 Å². The summed E-state index contributed by atoms with van der Waals surface area (Å²) in [6.45, 7) is 4.78. The summed E-state index contributed by atoms with van der Waals surface area (Å²) in [5, 5.41) is 7.86. The fourth-order valence-corrected chi connectivity index (χ4v) is 2.81. The second kappa shape index (κ2) is 5.82. The van der Waals surface area contributed by atoms with Crippen LogP contribution in [-0.4, -0.2) is 33.0 Å². The van der Waals surface area contributed by atoms with Gasteiger partial charge in [0.15, 0.2) is 5.78 Å². The zero-order valence-electron chi connectivity index (χ0n) is 12.1. The number of ether oxygens (including phenoxy) is 1. The second-order valence-electron chi connectivity index (χ2n) is 5.59. The Labute approximate surface area is 114 Å². The van der Waals surface area contributed by atoms with E-state index in [9.17, 15) is 4.79 Å². The molecule has 0 aromatic carbocycles. The van der Waals surface area contributed by atoms with Crippen molar-refractivity contribution in [1.82, 2.24) is 15.0 Å². The van der Waals surface area contributed by atoms with Crippen molar-refractivity contribution < 1.29 is 9.53 Å². The molecule has 0 radical (unpaired) electrons. The molecule has 0 aliphatic heterocycles. The molecule has 5 nitrogen and oxygen atoms in total. The molecule has 1 aromatic rings. The minimum atomic E-state index is -0.585. The lowest BCUT2D eigenvalue weighted by molar-refractivity contribution is -0.149. The molecule has 1 aromatic heterocycles. The smallest absolute Gasteiger partial charge is 0.170 e. The van der Waals surface area contributed by atoms with E-state index in [1.165, 1.54) is 0 Å². The van der Waals surface area contributed by atoms with Gasteiger partial charge in [-0.05, 0) is 38.5 Å². The number of hydrogen-bond donors (Lipinski definition) is 0. The first kappa shape index (κ1) is 14.2. The van der Waals surface area contributed by atoms with E-state index >= 15 is 0 Å². The van der Waals surface area contributed by atoms with Crippen LogP contribution >= 0.6 is 0 Å². The van der Waals surface area contributed by atoms with E-state index in [1.54, 1.807) is 10.9 Å². The minimum Gasteiger partial charge on any atom is -0.367 e. The number of nitrogens with zero attached hydrogens (tertiary/aromatic N) is 3. The maximum Gasteiger partial charge on any atom is 0.170 e. The van der Waals surface area contributed by atoms with Crippen LogP contribution in [0.1, 0.15) is 45.2 Å². The van der Waals surface area contributed by atoms with Crippen molar-refractivity contribution in [2.24, 2.45) is 13.0 Å². The molecule has 1 aliphatic rings. The van der Waals surface area contributed by atoms with Crippen LogP contribution in [0.3, 0.4) is 0 Å². The van der Waals surface area contributed by atoms with Crippen molar-refractivity contribution in [2.75, 3.05) is 6.61 Å². The molecule has 1 saturated carbocycles. The van der Waals surface area contributed by atoms with Gasteiger partial charge < -0.3 is 4.74 Å². The van der Waals surface area contributed by atoms with Gasteiger partial charge in [-0.15, -0.1) is 5.10 Å². The van der Waals surface area contributed by atoms with E-state index in [2.05, 4.69) is 17.2 Å². The molecule has 0 bridgehead atoms. The molecular formula is C14H23N3O2. The van der Waals surface area contributed by atoms with Crippen molar-refractivity contribution in [3.8, 4) is 0 Å². The Kier molecular flexibility index (Phi) is 4.34. The lowest BCUT2D eigenvalue weighted by atomic mass is 9.76. The highest BCUT2D eigenvalue weighted by atomic mass is 16.5. The Bertz CT molecular complexity index is 434. The Morgan fingerprint density at radius 3 is 2.74 bits per heavy atom. The molecule has 1 fully saturated rings. The van der Waals surface area contributed by atoms with Gasteiger partial charge in [0, 0.05) is 19.9 Å². The van der Waals surface area contributed by atoms with Gasteiger partial charge in [0.25, 0.3) is 0 Å². The van der Waals surface area contributed by atoms with Crippen molar-refractivity contribution in [1.29, 1.82) is 0 Å². The lowest BCUT2D eigenvalue weighted by Gasteiger charge is -2.37. The first-order chi connectivity index (χ1) is 9.05. The predicted molar refractivity (Wildman–Crippen MR) is 71.7 cm³/mol. The molecule has 0 spiro atoms. The molecule has 5 heteroatoms. The maximum atomic E-state index is 12.6. The van der Waals surface area contributed by atoms with Gasteiger partial charge in [0.1, 0.15) is 5.60 Å². The molecular weight excluding hydrogens is 242 g/mol. The standard InChI is InChI=1S/C14H23N3O2/c1-4-19-14(7-5-11(2)6-8-14)13(18)9-12-10-17(3)16-15-12/h10-11H,4-9H2,1-3H3. The average molecular weight is 265 g/mol. The zero-order chi connectivity index (χ0) is 13.9. The highest BCUT2D eigenvalue weighted by molar-refractivity contribution is 5.89. The second-order valence-corrected chi connectivity index (χ2v) is 5.59. The van der Waals surface area contributed by atoms with Crippen molar-refractivity contribution in [3.05, 3.63) is 11.9 Å². The van der Waals surface area contributed by atoms with Crippen LogP contribution in [0.5, 0.6) is 0 Å². The summed E-state index contributed by atoms with van der Waals surface area (Å²) in [7, 11) is 1.81. The normalized spacial score (nSPS) is 27.4. The predicted octanol–water partition coefficient (Wildman–Crippen LogP) is 1.91. The first-order valence-corrected chi connectivity index (χ1v) is 7.08. The Balaban J connectivity index is 2.08. The molecule has 0 amide bonds. The number of aryl methyl sites for hydroxylation is 1. The van der Waals surface area contributed by atoms with E-state index in [0.29, 0.717) is 18.9 Å². The third-order valence-electron chi connectivity index (χ3n) is 4.00. The molecule has 2 rings (SSSR count). The number of carbonyl (C=O) groups excluding carboxylic acids is 1. The largest absolute Gasteiger partial charge is 0.367 e. The van der Waals surface area contributed by atoms with E-state index in [4.69, 9.17) is 4.74 Å². The number of carbonyl (C=O) groups is 1. The van der Waals surface area contributed by atoms with Gasteiger partial charge in [0.05, 0.1) is 12.1 Å². The van der Waals surface area contributed by atoms with Crippen molar-refractivity contribution in [2.45, 2.75) is 51.6 Å². The Morgan fingerprint density at radius 1 is 1.53 bits per heavy atom. The van der Waals surface area contributed by atoms with E-state index < -0.39 is 5.60 Å². The number of ketones is 1. The number of aromatic nitrogens is 3. The van der Waals surface area contributed by atoms with Gasteiger partial charge in [0.2, 0.25) is 0 Å². The molecule has 106 valence electrons. The van der Waals surface area contributed by atoms with Gasteiger partial charge in [-0.2, -0.15) is 0 Å². The fourth-order valence-electron chi connectivity index (χ4n) is 2.81. The van der Waals surface area contributed by atoms with Crippen molar-refractivity contribution >= 4 is 5.78 Å². The lowest BCUT2D eigenvalue weighted by Crippen LogP contribution is -2.45. The van der Waals surface area contributed by atoms with Crippen LogP contribution in [0.4, 0.5) is 0 Å². The number of rotatable bonds is 5. The van der Waals surface area contributed by atoms with E-state index in [1.807, 2.05) is 14.0 Å². The molecule has 0 N–H and O–H groups in total. The highest BCUT2D eigenvalue weighted by Gasteiger charge is 2.41. The van der Waals surface area contributed by atoms with Gasteiger partial charge in [-0.1, -0.05) is 12.1 Å². The quantitative estimate of drug-likeness (QED) is 0.816. The zero-order valence-corrected chi connectivity index (χ0v) is 12.1. The Hall–Kier alpha value is -1.23. The van der Waals surface area contributed by atoms with E-state index in [0.717, 1.165) is 31.4 Å². The third-order valence-corrected chi connectivity index (χ3v) is 4.00. The molecule has 0 atom stereocenters. The molecule has 0 unspecified atom stereocenters. The summed E-state index contributed by atoms with van der Waals surface area (Å²) in [5.41, 5.74) is 0.142. The third kappa shape index (κ3) is 3.21. The highest BCUT2D eigenvalue weighted by Crippen LogP contribution is 2.36. The summed E-state index contributed by atoms with van der Waals surface area (Å²) in [5.74, 6) is 0.847. The average Bonchev–Trinajstić information content (AvgIpc) is 2.78. The maximum absolute atomic E-state index is 12.6. The molecule has 19 heavy (non-hydrogen) atoms. The molecule has 1 heterocycles. The first-order valence-electron chi connectivity index (χ1n) is 7.08. The summed E-state index contributed by atoms with van der Waals surface area (Å²) < 4.78 is 7.48. The molecule has 0 saturated heterocycles. The fraction of sp³-hybridized carbons (Fsp3) is 0.786. The van der Waals surface area contributed by atoms with Gasteiger partial charge in [-0.3, -0.25) is 9.48 Å². The van der Waals surface area contributed by atoms with Crippen LogP contribution < -0.4 is 0 Å². The topological polar surface area (TPSA) is 57.0 Å². The molecule has 1 aliphatic carbocycles. The van der Waals surface area contributed by atoms with Crippen LogP contribution in [0.15, 0.2) is 6.20 Å². The van der Waals surface area contributed by atoms with Gasteiger partial charge >= 0.3 is 0 Å². The minimum absolute atomic E-state index is 0.154. The monoisotopic (exact) mass is 265 g/mol. The summed E-state index contributed by atoms with van der Waals surface area (Å²) in [6.07, 6.45) is 5.91. The summed E-state index contributed by atoms with van der Waals surface area (Å²) in [4.78, 5) is 12.6. The number of Topliss-reactive ketones (excluding diaryl/α,β-unsaturated/α-hetero) is 1. The van der Waals surface area contributed by atoms with Crippen LogP contribution in [0, 0.1) is 5.92 Å².